The molecular formula is C21H18ClF3N4O4S. The van der Waals surface area contributed by atoms with Crippen molar-refractivity contribution in [2.75, 3.05) is 6.61 Å². The minimum Gasteiger partial charge on any atom is -0.477 e. The van der Waals surface area contributed by atoms with Crippen LogP contribution in [0.1, 0.15) is 29.6 Å². The number of alkyl halides is 3. The van der Waals surface area contributed by atoms with Gasteiger partial charge in [0.25, 0.3) is 5.91 Å². The van der Waals surface area contributed by atoms with Gasteiger partial charge < -0.3 is 10.5 Å². The summed E-state index contributed by atoms with van der Waals surface area (Å²) in [6.07, 6.45) is -2.91. The van der Waals surface area contributed by atoms with E-state index in [0.717, 1.165) is 0 Å². The number of nitrogens with zero attached hydrogens (tertiary/aromatic N) is 3. The van der Waals surface area contributed by atoms with E-state index >= 15 is 0 Å². The first-order chi connectivity index (χ1) is 15.9. The predicted octanol–water partition coefficient (Wildman–Crippen LogP) is 3.96. The van der Waals surface area contributed by atoms with Crippen molar-refractivity contribution in [2.24, 2.45) is 11.1 Å². The Morgan fingerprint density at radius 3 is 2.50 bits per heavy atom. The summed E-state index contributed by atoms with van der Waals surface area (Å²) >= 11 is 6.04. The van der Waals surface area contributed by atoms with E-state index in [1.165, 1.54) is 47.3 Å². The van der Waals surface area contributed by atoms with E-state index in [0.29, 0.717) is 0 Å². The number of halogens is 4. The number of rotatable bonds is 8. The molecule has 0 bridgehead atoms. The summed E-state index contributed by atoms with van der Waals surface area (Å²) in [5, 5.41) is 3.41. The minimum atomic E-state index is -4.33. The maximum atomic E-state index is 13.2. The molecule has 0 saturated heterocycles. The Labute approximate surface area is 197 Å². The van der Waals surface area contributed by atoms with Crippen molar-refractivity contribution in [1.82, 2.24) is 14.8 Å². The molecule has 1 amide bonds. The number of carbonyl (C=O) groups is 1. The second-order valence-electron chi connectivity index (χ2n) is 7.80. The Hall–Kier alpha value is -3.12. The van der Waals surface area contributed by atoms with Crippen LogP contribution in [-0.2, 0) is 9.84 Å². The van der Waals surface area contributed by atoms with E-state index in [9.17, 15) is 26.4 Å². The highest BCUT2D eigenvalue weighted by Crippen LogP contribution is 2.59. The van der Waals surface area contributed by atoms with Crippen LogP contribution in [0.5, 0.6) is 5.88 Å². The number of aromatic nitrogens is 3. The lowest BCUT2D eigenvalue weighted by Gasteiger charge is -2.18. The lowest BCUT2D eigenvalue weighted by atomic mass is 10.0. The Bertz CT molecular complexity index is 1350. The van der Waals surface area contributed by atoms with Crippen molar-refractivity contribution in [3.05, 3.63) is 59.2 Å². The van der Waals surface area contributed by atoms with Crippen molar-refractivity contribution < 1.29 is 31.1 Å². The molecule has 0 aliphatic heterocycles. The monoisotopic (exact) mass is 514 g/mol. The maximum absolute atomic E-state index is 13.2. The lowest BCUT2D eigenvalue weighted by Crippen LogP contribution is -2.26. The molecule has 2 aromatic heterocycles. The standard InChI is InChI=1S/C21H18ClF3N4O4S/c22-14-3-1-2-4-15(14)34(31,32)19-13(18(26)30)5-6-16(27-19)29-11-7-17(28-29)33-12-10-20(8-9-20)21(23,24)25/h1-7,11H,8-10,12H2,(H2,26,30). The van der Waals surface area contributed by atoms with Gasteiger partial charge in [-0.25, -0.2) is 18.1 Å². The van der Waals surface area contributed by atoms with E-state index in [2.05, 4.69) is 10.1 Å². The molecule has 8 nitrogen and oxygen atoms in total. The molecule has 1 aliphatic rings. The second-order valence-corrected chi connectivity index (χ2v) is 10.0. The topological polar surface area (TPSA) is 117 Å². The number of hydrogen-bond donors (Lipinski definition) is 1. The number of nitrogens with two attached hydrogens (primary N) is 1. The van der Waals surface area contributed by atoms with Crippen LogP contribution in [0.4, 0.5) is 13.2 Å². The van der Waals surface area contributed by atoms with E-state index in [1.807, 2.05) is 0 Å². The molecule has 1 aromatic carbocycles. The summed E-state index contributed by atoms with van der Waals surface area (Å²) in [7, 11) is -4.33. The Balaban J connectivity index is 1.60. The van der Waals surface area contributed by atoms with Crippen LogP contribution in [0.15, 0.2) is 58.6 Å². The highest BCUT2D eigenvalue weighted by Gasteiger charge is 2.62. The number of benzene rings is 1. The molecular weight excluding hydrogens is 497 g/mol. The van der Waals surface area contributed by atoms with Gasteiger partial charge in [-0.05, 0) is 43.5 Å². The number of pyridine rings is 1. The predicted molar refractivity (Wildman–Crippen MR) is 115 cm³/mol. The molecule has 4 rings (SSSR count). The van der Waals surface area contributed by atoms with Crippen LogP contribution in [0, 0.1) is 5.41 Å². The summed E-state index contributed by atoms with van der Waals surface area (Å²) in [6, 6.07) is 9.58. The SMILES string of the molecule is NC(=O)c1ccc(-n2ccc(OCCC3(C(F)(F)F)CC3)n2)nc1S(=O)(=O)c1ccccc1Cl. The third kappa shape index (κ3) is 4.47. The summed E-state index contributed by atoms with van der Waals surface area (Å²) in [5.41, 5.74) is 3.32. The lowest BCUT2D eigenvalue weighted by molar-refractivity contribution is -0.190. The van der Waals surface area contributed by atoms with E-state index < -0.39 is 32.4 Å². The van der Waals surface area contributed by atoms with Gasteiger partial charge in [0.1, 0.15) is 0 Å². The number of carbonyl (C=O) groups excluding carboxylic acids is 1. The van der Waals surface area contributed by atoms with E-state index in [-0.39, 0.29) is 53.0 Å². The smallest absolute Gasteiger partial charge is 0.394 e. The van der Waals surface area contributed by atoms with Crippen molar-refractivity contribution in [1.29, 1.82) is 0 Å². The third-order valence-corrected chi connectivity index (χ3v) is 7.77. The van der Waals surface area contributed by atoms with Crippen molar-refractivity contribution in [3.63, 3.8) is 0 Å². The first kappa shape index (κ1) is 24.0. The zero-order chi connectivity index (χ0) is 24.7. The largest absolute Gasteiger partial charge is 0.477 e. The molecule has 0 unspecified atom stereocenters. The highest BCUT2D eigenvalue weighted by atomic mass is 35.5. The molecule has 180 valence electrons. The van der Waals surface area contributed by atoms with Gasteiger partial charge in [-0.15, -0.1) is 5.10 Å². The molecule has 34 heavy (non-hydrogen) atoms. The first-order valence-corrected chi connectivity index (χ1v) is 11.9. The Kier molecular flexibility index (Phi) is 6.06. The molecule has 0 spiro atoms. The number of amides is 1. The van der Waals surface area contributed by atoms with Gasteiger partial charge in [-0.2, -0.15) is 13.2 Å². The summed E-state index contributed by atoms with van der Waals surface area (Å²) in [5.74, 6) is -0.957. The van der Waals surface area contributed by atoms with Crippen LogP contribution in [0.3, 0.4) is 0 Å². The Morgan fingerprint density at radius 1 is 1.18 bits per heavy atom. The number of primary amides is 1. The fourth-order valence-corrected chi connectivity index (χ4v) is 5.31. The molecule has 13 heteroatoms. The number of hydrogen-bond acceptors (Lipinski definition) is 6. The minimum absolute atomic E-state index is 0.0134. The van der Waals surface area contributed by atoms with Gasteiger partial charge in [0.2, 0.25) is 15.7 Å². The fourth-order valence-electron chi connectivity index (χ4n) is 3.41. The van der Waals surface area contributed by atoms with E-state index in [4.69, 9.17) is 22.1 Å². The van der Waals surface area contributed by atoms with Crippen molar-refractivity contribution in [2.45, 2.75) is 35.4 Å². The van der Waals surface area contributed by atoms with Gasteiger partial charge in [0.05, 0.1) is 27.5 Å². The summed E-state index contributed by atoms with van der Waals surface area (Å²) < 4.78 is 72.0. The van der Waals surface area contributed by atoms with Crippen molar-refractivity contribution >= 4 is 27.3 Å². The van der Waals surface area contributed by atoms with Crippen LogP contribution >= 0.6 is 11.6 Å². The number of ether oxygens (including phenoxy) is 1. The zero-order valence-corrected chi connectivity index (χ0v) is 19.0. The molecule has 0 radical (unpaired) electrons. The third-order valence-electron chi connectivity index (χ3n) is 5.58. The van der Waals surface area contributed by atoms with Crippen LogP contribution in [0.25, 0.3) is 5.82 Å². The highest BCUT2D eigenvalue weighted by molar-refractivity contribution is 7.91. The van der Waals surface area contributed by atoms with Crippen LogP contribution < -0.4 is 10.5 Å². The Morgan fingerprint density at radius 2 is 1.88 bits per heavy atom. The molecule has 3 aromatic rings. The van der Waals surface area contributed by atoms with Crippen LogP contribution in [0.2, 0.25) is 5.02 Å². The van der Waals surface area contributed by atoms with Crippen LogP contribution in [-0.4, -0.2) is 41.9 Å². The molecule has 2 heterocycles. The molecule has 2 N–H and O–H groups in total. The van der Waals surface area contributed by atoms with Crippen molar-refractivity contribution in [3.8, 4) is 11.7 Å². The van der Waals surface area contributed by atoms with Gasteiger partial charge in [-0.3, -0.25) is 4.79 Å². The molecule has 1 aliphatic carbocycles. The van der Waals surface area contributed by atoms with Gasteiger partial charge in [-0.1, -0.05) is 23.7 Å². The van der Waals surface area contributed by atoms with Gasteiger partial charge in [0.15, 0.2) is 10.8 Å². The molecule has 0 atom stereocenters. The molecule has 1 saturated carbocycles. The second kappa shape index (κ2) is 8.58. The quantitative estimate of drug-likeness (QED) is 0.486. The normalized spacial score (nSPS) is 15.2. The summed E-state index contributed by atoms with van der Waals surface area (Å²) in [6.45, 7) is -0.184. The molecule has 1 fully saturated rings. The number of sulfone groups is 1. The van der Waals surface area contributed by atoms with Gasteiger partial charge in [0, 0.05) is 12.3 Å². The summed E-state index contributed by atoms with van der Waals surface area (Å²) in [4.78, 5) is 15.7. The first-order valence-electron chi connectivity index (χ1n) is 10.0. The zero-order valence-electron chi connectivity index (χ0n) is 17.4. The maximum Gasteiger partial charge on any atom is 0.394 e. The fraction of sp³-hybridized carbons (Fsp3) is 0.286. The average molecular weight is 515 g/mol. The average Bonchev–Trinajstić information content (AvgIpc) is 3.43. The van der Waals surface area contributed by atoms with Gasteiger partial charge >= 0.3 is 6.18 Å². The van der Waals surface area contributed by atoms with E-state index in [1.54, 1.807) is 6.07 Å².